The molecule has 1 aliphatic heterocycles. The van der Waals surface area contributed by atoms with Gasteiger partial charge in [-0.25, -0.2) is 4.79 Å². The van der Waals surface area contributed by atoms with Crippen LogP contribution in [0.1, 0.15) is 46.0 Å². The van der Waals surface area contributed by atoms with Crippen LogP contribution >= 0.6 is 0 Å². The van der Waals surface area contributed by atoms with E-state index in [1.807, 2.05) is 6.92 Å². The number of imide groups is 2. The van der Waals surface area contributed by atoms with Gasteiger partial charge in [-0.15, -0.1) is 0 Å². The van der Waals surface area contributed by atoms with Gasteiger partial charge in [0.1, 0.15) is 5.92 Å². The number of unbranched alkanes of at least 4 members (excludes halogenated alkanes) is 1. The molecule has 0 bridgehead atoms. The van der Waals surface area contributed by atoms with Crippen molar-refractivity contribution in [2.24, 2.45) is 5.92 Å². The van der Waals surface area contributed by atoms with Crippen molar-refractivity contribution in [2.75, 3.05) is 19.8 Å². The minimum Gasteiger partial charge on any atom is -0.381 e. The van der Waals surface area contributed by atoms with E-state index in [0.717, 1.165) is 24.2 Å². The molecule has 1 heterocycles. The smallest absolute Gasteiger partial charge is 0.330 e. The van der Waals surface area contributed by atoms with E-state index in [2.05, 4.69) is 12.2 Å². The number of nitrogens with one attached hydrogen (secondary N) is 1. The Hall–Kier alpha value is -1.43. The molecule has 1 N–H and O–H groups in total. The third-order valence-electron chi connectivity index (χ3n) is 3.25. The largest absolute Gasteiger partial charge is 0.381 e. The number of nitrogens with zero attached hydrogens (tertiary/aromatic N) is 1. The van der Waals surface area contributed by atoms with Crippen molar-refractivity contribution >= 4 is 17.8 Å². The maximum atomic E-state index is 12.1. The highest BCUT2D eigenvalue weighted by atomic mass is 16.5. The summed E-state index contributed by atoms with van der Waals surface area (Å²) in [5.74, 6) is -1.58. The van der Waals surface area contributed by atoms with Crippen LogP contribution in [0, 0.1) is 5.92 Å². The molecular weight excluding hydrogens is 260 g/mol. The van der Waals surface area contributed by atoms with Gasteiger partial charge in [0, 0.05) is 19.8 Å². The molecule has 1 saturated heterocycles. The van der Waals surface area contributed by atoms with E-state index in [-0.39, 0.29) is 5.91 Å². The van der Waals surface area contributed by atoms with Gasteiger partial charge in [0.25, 0.3) is 0 Å². The lowest BCUT2D eigenvalue weighted by molar-refractivity contribution is -0.143. The quantitative estimate of drug-likeness (QED) is 0.516. The van der Waals surface area contributed by atoms with Crippen LogP contribution in [0.3, 0.4) is 0 Å². The topological polar surface area (TPSA) is 75.7 Å². The van der Waals surface area contributed by atoms with Gasteiger partial charge >= 0.3 is 6.03 Å². The van der Waals surface area contributed by atoms with Crippen molar-refractivity contribution in [3.8, 4) is 0 Å². The Morgan fingerprint density at radius 2 is 1.80 bits per heavy atom. The lowest BCUT2D eigenvalue weighted by Crippen LogP contribution is -2.58. The summed E-state index contributed by atoms with van der Waals surface area (Å²) in [6.07, 6.45) is 3.88. The molecule has 0 aromatic heterocycles. The lowest BCUT2D eigenvalue weighted by atomic mass is 9.99. The first-order valence-corrected chi connectivity index (χ1v) is 7.35. The summed E-state index contributed by atoms with van der Waals surface area (Å²) in [5, 5.41) is 2.24. The van der Waals surface area contributed by atoms with E-state index in [0.29, 0.717) is 32.6 Å². The second kappa shape index (κ2) is 8.68. The predicted octanol–water partition coefficient (Wildman–Crippen LogP) is 1.69. The molecule has 1 atom stereocenters. The zero-order valence-electron chi connectivity index (χ0n) is 12.3. The van der Waals surface area contributed by atoms with Crippen molar-refractivity contribution in [1.29, 1.82) is 0 Å². The number of carbonyl (C=O) groups excluding carboxylic acids is 3. The molecule has 0 aliphatic carbocycles. The van der Waals surface area contributed by atoms with Crippen LogP contribution in [0.2, 0.25) is 0 Å². The van der Waals surface area contributed by atoms with Gasteiger partial charge in [0.2, 0.25) is 11.8 Å². The number of amides is 4. The van der Waals surface area contributed by atoms with Crippen molar-refractivity contribution in [3.63, 3.8) is 0 Å². The summed E-state index contributed by atoms with van der Waals surface area (Å²) in [7, 11) is 0. The van der Waals surface area contributed by atoms with Gasteiger partial charge in [0.05, 0.1) is 0 Å². The number of ether oxygens (including phenoxy) is 1. The maximum Gasteiger partial charge on any atom is 0.330 e. The number of hydrogen-bond acceptors (Lipinski definition) is 4. The molecule has 6 nitrogen and oxygen atoms in total. The van der Waals surface area contributed by atoms with Gasteiger partial charge in [0.15, 0.2) is 0 Å². The van der Waals surface area contributed by atoms with Crippen LogP contribution in [0.4, 0.5) is 4.79 Å². The Morgan fingerprint density at radius 3 is 2.45 bits per heavy atom. The molecule has 6 heteroatoms. The van der Waals surface area contributed by atoms with Gasteiger partial charge in [-0.1, -0.05) is 26.7 Å². The monoisotopic (exact) mass is 284 g/mol. The Bertz CT molecular complexity index is 357. The number of rotatable bonds is 9. The summed E-state index contributed by atoms with van der Waals surface area (Å²) < 4.78 is 5.39. The highest BCUT2D eigenvalue weighted by Crippen LogP contribution is 2.16. The fourth-order valence-corrected chi connectivity index (χ4v) is 2.09. The average molecular weight is 284 g/mol. The van der Waals surface area contributed by atoms with Crippen LogP contribution in [-0.2, 0) is 14.3 Å². The number of hydrogen-bond donors (Lipinski definition) is 1. The highest BCUT2D eigenvalue weighted by Gasteiger charge is 2.39. The van der Waals surface area contributed by atoms with Gasteiger partial charge in [-0.2, -0.15) is 0 Å². The highest BCUT2D eigenvalue weighted by molar-refractivity contribution is 6.16. The Kier molecular flexibility index (Phi) is 7.22. The number of carbonyl (C=O) groups is 3. The molecular formula is C14H24N2O4. The predicted molar refractivity (Wildman–Crippen MR) is 74.0 cm³/mol. The lowest BCUT2D eigenvalue weighted by Gasteiger charge is -2.29. The molecule has 20 heavy (non-hydrogen) atoms. The average Bonchev–Trinajstić information content (AvgIpc) is 2.41. The summed E-state index contributed by atoms with van der Waals surface area (Å²) in [6.45, 7) is 5.51. The molecule has 114 valence electrons. The van der Waals surface area contributed by atoms with E-state index in [9.17, 15) is 14.4 Å². The molecule has 1 fully saturated rings. The second-order valence-corrected chi connectivity index (χ2v) is 4.95. The molecule has 1 aliphatic rings. The molecule has 0 spiro atoms. The SMILES string of the molecule is CCCCOCCCN1C(=O)NC(=O)C(CCC)C1=O. The second-order valence-electron chi connectivity index (χ2n) is 4.95. The van der Waals surface area contributed by atoms with Crippen molar-refractivity contribution < 1.29 is 19.1 Å². The maximum absolute atomic E-state index is 12.1. The first-order chi connectivity index (χ1) is 9.61. The summed E-state index contributed by atoms with van der Waals surface area (Å²) in [5.41, 5.74) is 0. The molecule has 1 rings (SSSR count). The van der Waals surface area contributed by atoms with E-state index >= 15 is 0 Å². The molecule has 0 aromatic carbocycles. The van der Waals surface area contributed by atoms with Crippen molar-refractivity contribution in [3.05, 3.63) is 0 Å². The minimum absolute atomic E-state index is 0.296. The van der Waals surface area contributed by atoms with E-state index < -0.39 is 17.9 Å². The normalized spacial score (nSPS) is 19.4. The van der Waals surface area contributed by atoms with Crippen LogP contribution < -0.4 is 5.32 Å². The minimum atomic E-state index is -0.723. The summed E-state index contributed by atoms with van der Waals surface area (Å²) >= 11 is 0. The van der Waals surface area contributed by atoms with Crippen LogP contribution in [0.5, 0.6) is 0 Å². The van der Waals surface area contributed by atoms with Crippen LogP contribution in [0.15, 0.2) is 0 Å². The zero-order valence-corrected chi connectivity index (χ0v) is 12.3. The Labute approximate surface area is 119 Å². The molecule has 0 aromatic rings. The van der Waals surface area contributed by atoms with Crippen molar-refractivity contribution in [2.45, 2.75) is 46.0 Å². The van der Waals surface area contributed by atoms with Gasteiger partial charge in [-0.05, 0) is 19.3 Å². The zero-order chi connectivity index (χ0) is 15.0. The fraction of sp³-hybridized carbons (Fsp3) is 0.786. The summed E-state index contributed by atoms with van der Waals surface area (Å²) in [6, 6.07) is -0.610. The van der Waals surface area contributed by atoms with Gasteiger partial charge in [-0.3, -0.25) is 19.8 Å². The van der Waals surface area contributed by atoms with Crippen LogP contribution in [0.25, 0.3) is 0 Å². The van der Waals surface area contributed by atoms with Gasteiger partial charge < -0.3 is 4.74 Å². The Balaban J connectivity index is 2.41. The molecule has 4 amide bonds. The van der Waals surface area contributed by atoms with E-state index in [4.69, 9.17) is 4.74 Å². The van der Waals surface area contributed by atoms with Crippen molar-refractivity contribution in [1.82, 2.24) is 10.2 Å². The van der Waals surface area contributed by atoms with Crippen LogP contribution in [-0.4, -0.2) is 42.5 Å². The standard InChI is InChI=1S/C14H24N2O4/c1-3-5-9-20-10-6-8-16-13(18)11(7-4-2)12(17)15-14(16)19/h11H,3-10H2,1-2H3,(H,15,17,19). The third kappa shape index (κ3) is 4.59. The van der Waals surface area contributed by atoms with E-state index in [1.54, 1.807) is 0 Å². The number of urea groups is 1. The first kappa shape index (κ1) is 16.6. The molecule has 0 saturated carbocycles. The first-order valence-electron chi connectivity index (χ1n) is 7.35. The Morgan fingerprint density at radius 1 is 1.10 bits per heavy atom. The van der Waals surface area contributed by atoms with E-state index in [1.165, 1.54) is 0 Å². The fourth-order valence-electron chi connectivity index (χ4n) is 2.09. The molecule has 0 radical (unpaired) electrons. The molecule has 1 unspecified atom stereocenters. The summed E-state index contributed by atoms with van der Waals surface area (Å²) in [4.78, 5) is 36.5. The third-order valence-corrected chi connectivity index (χ3v) is 3.25. The number of barbiturate groups is 1.